The molecule has 1 aliphatic carbocycles. The Labute approximate surface area is 92.1 Å². The third-order valence-corrected chi connectivity index (χ3v) is 4.28. The van der Waals surface area contributed by atoms with Crippen LogP contribution in [0.4, 0.5) is 0 Å². The smallest absolute Gasteiger partial charge is 0.212 e. The molecule has 0 radical (unpaired) electrons. The molecule has 0 aromatic carbocycles. The molecule has 1 saturated carbocycles. The number of rotatable bonds is 4. The van der Waals surface area contributed by atoms with E-state index in [1.807, 2.05) is 20.8 Å². The summed E-state index contributed by atoms with van der Waals surface area (Å²) >= 11 is 0. The van der Waals surface area contributed by atoms with Crippen molar-refractivity contribution in [2.24, 2.45) is 11.3 Å². The minimum atomic E-state index is -3.16. The molecule has 0 aromatic rings. The fraction of sp³-hybridized carbons (Fsp3) is 1.00. The van der Waals surface area contributed by atoms with Gasteiger partial charge in [0.2, 0.25) is 10.0 Å². The molecular formula is C10H21NO3S. The van der Waals surface area contributed by atoms with E-state index >= 15 is 0 Å². The SMILES string of the molecule is CC(C)(C)CS(=O)(=O)NCC1CC(O)C1. The lowest BCUT2D eigenvalue weighted by molar-refractivity contribution is 0.0453. The number of hydrogen-bond donors (Lipinski definition) is 2. The van der Waals surface area contributed by atoms with Gasteiger partial charge in [-0.15, -0.1) is 0 Å². The minimum Gasteiger partial charge on any atom is -0.393 e. The Balaban J connectivity index is 2.31. The van der Waals surface area contributed by atoms with Crippen molar-refractivity contribution in [2.45, 2.75) is 39.7 Å². The molecule has 0 saturated heterocycles. The number of aliphatic hydroxyl groups excluding tert-OH is 1. The predicted molar refractivity (Wildman–Crippen MR) is 60.0 cm³/mol. The Hall–Kier alpha value is -0.130. The molecule has 5 heteroatoms. The third-order valence-electron chi connectivity index (χ3n) is 2.43. The predicted octanol–water partition coefficient (Wildman–Crippen LogP) is 0.723. The summed E-state index contributed by atoms with van der Waals surface area (Å²) in [4.78, 5) is 0. The second kappa shape index (κ2) is 4.39. The van der Waals surface area contributed by atoms with Gasteiger partial charge in [0.05, 0.1) is 11.9 Å². The van der Waals surface area contributed by atoms with Crippen molar-refractivity contribution in [3.63, 3.8) is 0 Å². The van der Waals surface area contributed by atoms with Gasteiger partial charge in [0.15, 0.2) is 0 Å². The van der Waals surface area contributed by atoms with E-state index in [0.717, 1.165) is 12.8 Å². The Bertz CT molecular complexity index is 299. The molecule has 2 N–H and O–H groups in total. The molecule has 0 spiro atoms. The van der Waals surface area contributed by atoms with Crippen molar-refractivity contribution in [1.82, 2.24) is 4.72 Å². The number of hydrogen-bond acceptors (Lipinski definition) is 3. The van der Waals surface area contributed by atoms with Crippen LogP contribution in [0.3, 0.4) is 0 Å². The van der Waals surface area contributed by atoms with E-state index in [0.29, 0.717) is 12.5 Å². The van der Waals surface area contributed by atoms with Crippen LogP contribution in [0.1, 0.15) is 33.6 Å². The maximum atomic E-state index is 11.6. The van der Waals surface area contributed by atoms with Crippen molar-refractivity contribution in [2.75, 3.05) is 12.3 Å². The van der Waals surface area contributed by atoms with E-state index in [1.54, 1.807) is 0 Å². The van der Waals surface area contributed by atoms with Crippen molar-refractivity contribution >= 4 is 10.0 Å². The molecule has 1 aliphatic rings. The van der Waals surface area contributed by atoms with E-state index in [2.05, 4.69) is 4.72 Å². The number of aliphatic hydroxyl groups is 1. The topological polar surface area (TPSA) is 66.4 Å². The van der Waals surface area contributed by atoms with Gasteiger partial charge in [0, 0.05) is 6.54 Å². The average molecular weight is 235 g/mol. The van der Waals surface area contributed by atoms with Crippen LogP contribution in [0.15, 0.2) is 0 Å². The zero-order chi connectivity index (χ0) is 11.7. The van der Waals surface area contributed by atoms with Gasteiger partial charge in [-0.05, 0) is 24.2 Å². The molecule has 0 unspecified atom stereocenters. The zero-order valence-corrected chi connectivity index (χ0v) is 10.5. The van der Waals surface area contributed by atoms with Crippen LogP contribution in [0.25, 0.3) is 0 Å². The molecule has 90 valence electrons. The molecule has 0 amide bonds. The molecule has 0 heterocycles. The van der Waals surface area contributed by atoms with Gasteiger partial charge >= 0.3 is 0 Å². The van der Waals surface area contributed by atoms with Crippen molar-refractivity contribution in [3.05, 3.63) is 0 Å². The summed E-state index contributed by atoms with van der Waals surface area (Å²) in [6, 6.07) is 0. The van der Waals surface area contributed by atoms with Gasteiger partial charge in [-0.1, -0.05) is 20.8 Å². The first kappa shape index (κ1) is 12.9. The fourth-order valence-electron chi connectivity index (χ4n) is 1.73. The number of sulfonamides is 1. The van der Waals surface area contributed by atoms with Crippen LogP contribution in [0.2, 0.25) is 0 Å². The molecule has 4 nitrogen and oxygen atoms in total. The first-order chi connectivity index (χ1) is 6.68. The van der Waals surface area contributed by atoms with Crippen LogP contribution in [-0.2, 0) is 10.0 Å². The first-order valence-corrected chi connectivity index (χ1v) is 6.98. The maximum Gasteiger partial charge on any atom is 0.212 e. The molecular weight excluding hydrogens is 214 g/mol. The monoisotopic (exact) mass is 235 g/mol. The lowest BCUT2D eigenvalue weighted by Gasteiger charge is -2.31. The molecule has 0 atom stereocenters. The fourth-order valence-corrected chi connectivity index (χ4v) is 3.46. The quantitative estimate of drug-likeness (QED) is 0.754. The highest BCUT2D eigenvalue weighted by atomic mass is 32.2. The Kier molecular flexibility index (Phi) is 3.79. The second-order valence-electron chi connectivity index (χ2n) is 5.66. The van der Waals surface area contributed by atoms with Crippen LogP contribution in [-0.4, -0.2) is 31.9 Å². The Morgan fingerprint density at radius 1 is 1.33 bits per heavy atom. The van der Waals surface area contributed by atoms with E-state index in [4.69, 9.17) is 5.11 Å². The lowest BCUT2D eigenvalue weighted by atomic mass is 9.83. The van der Waals surface area contributed by atoms with Gasteiger partial charge < -0.3 is 5.11 Å². The van der Waals surface area contributed by atoms with Crippen molar-refractivity contribution in [3.8, 4) is 0 Å². The maximum absolute atomic E-state index is 11.6. The van der Waals surface area contributed by atoms with Crippen molar-refractivity contribution in [1.29, 1.82) is 0 Å². The summed E-state index contributed by atoms with van der Waals surface area (Å²) < 4.78 is 25.8. The van der Waals surface area contributed by atoms with E-state index in [9.17, 15) is 8.42 Å². The third kappa shape index (κ3) is 4.95. The van der Waals surface area contributed by atoms with Gasteiger partial charge in [-0.2, -0.15) is 0 Å². The van der Waals surface area contributed by atoms with Gasteiger partial charge in [-0.25, -0.2) is 13.1 Å². The summed E-state index contributed by atoms with van der Waals surface area (Å²) in [7, 11) is -3.16. The highest BCUT2D eigenvalue weighted by molar-refractivity contribution is 7.89. The summed E-state index contributed by atoms with van der Waals surface area (Å²) in [6.07, 6.45) is 1.22. The molecule has 1 fully saturated rings. The largest absolute Gasteiger partial charge is 0.393 e. The van der Waals surface area contributed by atoms with E-state index < -0.39 is 10.0 Å². The summed E-state index contributed by atoms with van der Waals surface area (Å²) in [6.45, 7) is 6.17. The summed E-state index contributed by atoms with van der Waals surface area (Å²) in [5.41, 5.74) is -0.217. The minimum absolute atomic E-state index is 0.148. The highest BCUT2D eigenvalue weighted by Crippen LogP contribution is 2.26. The van der Waals surface area contributed by atoms with Gasteiger partial charge in [0.1, 0.15) is 0 Å². The van der Waals surface area contributed by atoms with Gasteiger partial charge in [-0.3, -0.25) is 0 Å². The van der Waals surface area contributed by atoms with Crippen LogP contribution >= 0.6 is 0 Å². The van der Waals surface area contributed by atoms with E-state index in [1.165, 1.54) is 0 Å². The Morgan fingerprint density at radius 3 is 2.27 bits per heavy atom. The highest BCUT2D eigenvalue weighted by Gasteiger charge is 2.29. The average Bonchev–Trinajstić information content (AvgIpc) is 1.90. The second-order valence-corrected chi connectivity index (χ2v) is 7.47. The first-order valence-electron chi connectivity index (χ1n) is 5.33. The number of nitrogens with one attached hydrogen (secondary N) is 1. The normalized spacial score (nSPS) is 27.5. The molecule has 15 heavy (non-hydrogen) atoms. The summed E-state index contributed by atoms with van der Waals surface area (Å²) in [5.74, 6) is 0.463. The lowest BCUT2D eigenvalue weighted by Crippen LogP contribution is -2.40. The van der Waals surface area contributed by atoms with Crippen LogP contribution in [0.5, 0.6) is 0 Å². The van der Waals surface area contributed by atoms with Gasteiger partial charge in [0.25, 0.3) is 0 Å². The molecule has 0 bridgehead atoms. The van der Waals surface area contributed by atoms with E-state index in [-0.39, 0.29) is 17.3 Å². The molecule has 1 rings (SSSR count). The van der Waals surface area contributed by atoms with Crippen LogP contribution in [0, 0.1) is 11.3 Å². The van der Waals surface area contributed by atoms with Crippen LogP contribution < -0.4 is 4.72 Å². The summed E-state index contributed by atoms with van der Waals surface area (Å²) in [5, 5.41) is 9.06. The Morgan fingerprint density at radius 2 is 1.87 bits per heavy atom. The zero-order valence-electron chi connectivity index (χ0n) is 9.66. The molecule has 0 aliphatic heterocycles. The van der Waals surface area contributed by atoms with Crippen molar-refractivity contribution < 1.29 is 13.5 Å². The standard InChI is InChI=1S/C10H21NO3S/c1-10(2,3)7-15(13,14)11-6-8-4-9(12)5-8/h8-9,11-12H,4-7H2,1-3H3. The molecule has 0 aromatic heterocycles.